The van der Waals surface area contributed by atoms with E-state index < -0.39 is 17.6 Å². The Morgan fingerprint density at radius 1 is 1.29 bits per heavy atom. The van der Waals surface area contributed by atoms with Crippen molar-refractivity contribution in [3.63, 3.8) is 0 Å². The summed E-state index contributed by atoms with van der Waals surface area (Å²) in [6.45, 7) is 4.30. The van der Waals surface area contributed by atoms with Gasteiger partial charge in [-0.3, -0.25) is 9.36 Å². The van der Waals surface area contributed by atoms with Crippen LogP contribution in [-0.4, -0.2) is 47.1 Å². The van der Waals surface area contributed by atoms with E-state index >= 15 is 0 Å². The average Bonchev–Trinajstić information content (AvgIpc) is 3.61. The monoisotopic (exact) mass is 538 g/mol. The van der Waals surface area contributed by atoms with Crippen molar-refractivity contribution >= 4 is 27.4 Å². The SMILES string of the molecule is COc1ccccc1[C@H](Cc1cn(C(C)(C)C(=O)O)c(=O)c2cc(-c3ncco3)sc12)OC1CCOCC1. The summed E-state index contributed by atoms with van der Waals surface area (Å²) in [6.07, 6.45) is 6.24. The molecule has 1 fully saturated rings. The summed E-state index contributed by atoms with van der Waals surface area (Å²) in [5.41, 5.74) is -0.175. The van der Waals surface area contributed by atoms with Crippen molar-refractivity contribution in [1.82, 2.24) is 9.55 Å². The van der Waals surface area contributed by atoms with E-state index in [1.54, 1.807) is 25.6 Å². The van der Waals surface area contributed by atoms with Gasteiger partial charge in [0.05, 0.1) is 35.8 Å². The van der Waals surface area contributed by atoms with E-state index in [2.05, 4.69) is 4.98 Å². The molecule has 3 aromatic heterocycles. The van der Waals surface area contributed by atoms with Crippen LogP contribution in [0.3, 0.4) is 0 Å². The number of methoxy groups -OCH3 is 1. The van der Waals surface area contributed by atoms with Crippen LogP contribution in [0.25, 0.3) is 20.9 Å². The first-order chi connectivity index (χ1) is 18.3. The molecule has 0 aliphatic carbocycles. The molecule has 10 heteroatoms. The number of rotatable bonds is 9. The molecule has 200 valence electrons. The molecule has 5 rings (SSSR count). The van der Waals surface area contributed by atoms with Gasteiger partial charge >= 0.3 is 5.97 Å². The number of hydrogen-bond acceptors (Lipinski definition) is 8. The summed E-state index contributed by atoms with van der Waals surface area (Å²) < 4.78 is 25.4. The Hall–Kier alpha value is -3.47. The van der Waals surface area contributed by atoms with Crippen molar-refractivity contribution in [1.29, 1.82) is 0 Å². The van der Waals surface area contributed by atoms with Gasteiger partial charge in [-0.1, -0.05) is 18.2 Å². The summed E-state index contributed by atoms with van der Waals surface area (Å²) in [5.74, 6) is -0.000220. The van der Waals surface area contributed by atoms with Crippen molar-refractivity contribution < 1.29 is 28.5 Å². The number of aliphatic carboxylic acids is 1. The molecule has 1 aromatic carbocycles. The number of para-hydroxylation sites is 1. The molecule has 0 saturated carbocycles. The molecular weight excluding hydrogens is 508 g/mol. The zero-order valence-corrected chi connectivity index (χ0v) is 22.3. The van der Waals surface area contributed by atoms with E-state index in [-0.39, 0.29) is 11.7 Å². The molecule has 4 aromatic rings. The largest absolute Gasteiger partial charge is 0.496 e. The number of oxazole rings is 1. The fraction of sp³-hybridized carbons (Fsp3) is 0.393. The topological polar surface area (TPSA) is 113 Å². The minimum absolute atomic E-state index is 0.00161. The molecular formula is C28H30N2O7S. The lowest BCUT2D eigenvalue weighted by Crippen LogP contribution is -2.42. The number of ether oxygens (including phenoxy) is 3. The Morgan fingerprint density at radius 3 is 2.74 bits per heavy atom. The normalized spacial score (nSPS) is 15.6. The van der Waals surface area contributed by atoms with E-state index in [0.717, 1.165) is 28.7 Å². The maximum Gasteiger partial charge on any atom is 0.329 e. The van der Waals surface area contributed by atoms with Crippen molar-refractivity contribution in [3.05, 3.63) is 70.5 Å². The summed E-state index contributed by atoms with van der Waals surface area (Å²) in [6, 6.07) is 9.44. The number of nitrogens with zero attached hydrogens (tertiary/aromatic N) is 2. The Labute approximate surface area is 223 Å². The third-order valence-corrected chi connectivity index (χ3v) is 8.14. The van der Waals surface area contributed by atoms with Gasteiger partial charge in [-0.25, -0.2) is 9.78 Å². The molecule has 1 aliphatic rings. The summed E-state index contributed by atoms with van der Waals surface area (Å²) in [4.78, 5) is 30.7. The van der Waals surface area contributed by atoms with Crippen LogP contribution in [0.1, 0.15) is 43.9 Å². The zero-order valence-electron chi connectivity index (χ0n) is 21.5. The molecule has 0 radical (unpaired) electrons. The van der Waals surface area contributed by atoms with Crippen molar-refractivity contribution in [3.8, 4) is 16.5 Å². The van der Waals surface area contributed by atoms with Gasteiger partial charge < -0.3 is 23.7 Å². The molecule has 1 N–H and O–H groups in total. The second kappa shape index (κ2) is 10.7. The number of pyridine rings is 1. The smallest absolute Gasteiger partial charge is 0.329 e. The highest BCUT2D eigenvalue weighted by Gasteiger charge is 2.33. The predicted molar refractivity (Wildman–Crippen MR) is 143 cm³/mol. The van der Waals surface area contributed by atoms with Crippen LogP contribution >= 0.6 is 11.3 Å². The highest BCUT2D eigenvalue weighted by Crippen LogP contribution is 2.38. The van der Waals surface area contributed by atoms with Gasteiger partial charge in [-0.15, -0.1) is 11.3 Å². The van der Waals surface area contributed by atoms with Gasteiger partial charge in [0, 0.05) is 36.1 Å². The van der Waals surface area contributed by atoms with Crippen LogP contribution in [0.2, 0.25) is 0 Å². The quantitative estimate of drug-likeness (QED) is 0.316. The molecule has 0 amide bonds. The lowest BCUT2D eigenvalue weighted by Gasteiger charge is -2.29. The number of carbonyl (C=O) groups is 1. The minimum atomic E-state index is -1.47. The third kappa shape index (κ3) is 4.99. The maximum atomic E-state index is 13.6. The van der Waals surface area contributed by atoms with Gasteiger partial charge in [0.25, 0.3) is 5.56 Å². The van der Waals surface area contributed by atoms with Gasteiger partial charge in [0.2, 0.25) is 5.89 Å². The molecule has 1 saturated heterocycles. The number of hydrogen-bond donors (Lipinski definition) is 1. The Bertz CT molecular complexity index is 1480. The van der Waals surface area contributed by atoms with Crippen LogP contribution < -0.4 is 10.3 Å². The first-order valence-corrected chi connectivity index (χ1v) is 13.3. The Balaban J connectivity index is 1.67. The number of fused-ring (bicyclic) bond motifs is 1. The van der Waals surface area contributed by atoms with Gasteiger partial charge in [0.15, 0.2) is 0 Å². The van der Waals surface area contributed by atoms with Crippen LogP contribution in [0.15, 0.2) is 58.2 Å². The van der Waals surface area contributed by atoms with Crippen LogP contribution in [0.5, 0.6) is 5.75 Å². The number of carboxylic acid groups (broad SMARTS) is 1. The lowest BCUT2D eigenvalue weighted by molar-refractivity contribution is -0.145. The standard InChI is InChI=1S/C28H30N2O7S/c1-28(2,27(32)33)30-16-17(24-20(26(30)31)15-23(38-24)25-29-10-13-36-25)14-22(37-18-8-11-35-12-9-18)19-6-4-5-7-21(19)34-3/h4-7,10,13,15-16,18,22H,8-9,11-12,14H2,1-3H3,(H,32,33)/t22-/m0/s1. The van der Waals surface area contributed by atoms with E-state index in [1.165, 1.54) is 36.0 Å². The highest BCUT2D eigenvalue weighted by atomic mass is 32.1. The molecule has 1 aliphatic heterocycles. The fourth-order valence-electron chi connectivity index (χ4n) is 4.71. The molecule has 4 heterocycles. The number of aromatic nitrogens is 2. The number of carboxylic acids is 1. The minimum Gasteiger partial charge on any atom is -0.496 e. The summed E-state index contributed by atoms with van der Waals surface area (Å²) in [5, 5.41) is 10.4. The first-order valence-electron chi connectivity index (χ1n) is 12.5. The van der Waals surface area contributed by atoms with Crippen molar-refractivity contribution in [2.75, 3.05) is 20.3 Å². The molecule has 0 spiro atoms. The van der Waals surface area contributed by atoms with Gasteiger partial charge in [-0.05, 0) is 44.4 Å². The number of benzene rings is 1. The van der Waals surface area contributed by atoms with Crippen molar-refractivity contribution in [2.45, 2.75) is 50.9 Å². The molecule has 9 nitrogen and oxygen atoms in total. The van der Waals surface area contributed by atoms with Crippen molar-refractivity contribution in [2.24, 2.45) is 0 Å². The highest BCUT2D eigenvalue weighted by molar-refractivity contribution is 7.22. The first kappa shape index (κ1) is 26.1. The van der Waals surface area contributed by atoms with Crippen LogP contribution in [-0.2, 0) is 26.2 Å². The lowest BCUT2D eigenvalue weighted by atomic mass is 9.98. The second-order valence-electron chi connectivity index (χ2n) is 9.77. The van der Waals surface area contributed by atoms with E-state index in [1.807, 2.05) is 24.3 Å². The molecule has 0 bridgehead atoms. The zero-order chi connectivity index (χ0) is 26.9. The molecule has 38 heavy (non-hydrogen) atoms. The van der Waals surface area contributed by atoms with Crippen LogP contribution in [0, 0.1) is 0 Å². The van der Waals surface area contributed by atoms with E-state index in [9.17, 15) is 14.7 Å². The number of thiophene rings is 1. The molecule has 0 unspecified atom stereocenters. The average molecular weight is 539 g/mol. The fourth-order valence-corrected chi connectivity index (χ4v) is 5.82. The van der Waals surface area contributed by atoms with Crippen LogP contribution in [0.4, 0.5) is 0 Å². The summed E-state index contributed by atoms with van der Waals surface area (Å²) >= 11 is 1.39. The summed E-state index contributed by atoms with van der Waals surface area (Å²) in [7, 11) is 1.63. The Morgan fingerprint density at radius 2 is 2.05 bits per heavy atom. The maximum absolute atomic E-state index is 13.6. The predicted octanol–water partition coefficient (Wildman–Crippen LogP) is 5.03. The third-order valence-electron chi connectivity index (χ3n) is 6.94. The van der Waals surface area contributed by atoms with E-state index in [0.29, 0.717) is 41.5 Å². The second-order valence-corrected chi connectivity index (χ2v) is 10.8. The Kier molecular flexibility index (Phi) is 7.38. The van der Waals surface area contributed by atoms with E-state index in [4.69, 9.17) is 18.6 Å². The molecule has 1 atom stereocenters. The van der Waals surface area contributed by atoms with Gasteiger partial charge in [-0.2, -0.15) is 0 Å². The van der Waals surface area contributed by atoms with Gasteiger partial charge in [0.1, 0.15) is 17.6 Å².